The zero-order valence-electron chi connectivity index (χ0n) is 32.5. The van der Waals surface area contributed by atoms with Crippen LogP contribution in [-0.2, 0) is 70.9 Å². The average molecular weight is 759 g/mol. The monoisotopic (exact) mass is 758 g/mol. The van der Waals surface area contributed by atoms with Crippen LogP contribution in [0, 0.1) is 5.92 Å². The van der Waals surface area contributed by atoms with Crippen LogP contribution in [0.15, 0.2) is 152 Å². The highest BCUT2D eigenvalue weighted by atomic mass is 16.8. The number of hydrogen-bond donors (Lipinski definition) is 0. The average Bonchev–Trinajstić information content (AvgIpc) is 3.24. The summed E-state index contributed by atoms with van der Waals surface area (Å²) in [5.41, 5.74) is 5.15. The molecule has 5 aromatic carbocycles. The van der Waals surface area contributed by atoms with Crippen molar-refractivity contribution in [3.8, 4) is 0 Å². The van der Waals surface area contributed by atoms with Crippen LogP contribution in [0.4, 0.5) is 0 Å². The van der Waals surface area contributed by atoms with E-state index in [1.165, 1.54) is 0 Å². The third kappa shape index (κ3) is 10.8. The van der Waals surface area contributed by atoms with Gasteiger partial charge in [0.05, 0.1) is 51.3 Å². The summed E-state index contributed by atoms with van der Waals surface area (Å²) < 4.78 is 54.5. The summed E-state index contributed by atoms with van der Waals surface area (Å²) in [6.07, 6.45) is -4.95. The van der Waals surface area contributed by atoms with E-state index in [2.05, 4.69) is 38.1 Å². The molecule has 8 nitrogen and oxygen atoms in total. The maximum Gasteiger partial charge on any atom is 0.190 e. The lowest BCUT2D eigenvalue weighted by atomic mass is 9.88. The number of rotatable bonds is 17. The highest BCUT2D eigenvalue weighted by Gasteiger charge is 2.52. The lowest BCUT2D eigenvalue weighted by molar-refractivity contribution is -0.388. The maximum absolute atomic E-state index is 7.20. The van der Waals surface area contributed by atoms with Crippen LogP contribution in [0.2, 0.25) is 0 Å². The zero-order chi connectivity index (χ0) is 38.5. The number of benzene rings is 5. The van der Waals surface area contributed by atoms with Crippen molar-refractivity contribution in [2.24, 2.45) is 5.92 Å². The molecule has 0 radical (unpaired) electrons. The Hall–Kier alpha value is -4.22. The summed E-state index contributed by atoms with van der Waals surface area (Å²) in [7, 11) is 0. The minimum Gasteiger partial charge on any atom is -0.372 e. The van der Waals surface area contributed by atoms with Crippen molar-refractivity contribution < 1.29 is 37.9 Å². The fourth-order valence-corrected chi connectivity index (χ4v) is 7.34. The van der Waals surface area contributed by atoms with Gasteiger partial charge < -0.3 is 37.9 Å². The van der Waals surface area contributed by atoms with Gasteiger partial charge in [-0.3, -0.25) is 0 Å². The molecule has 10 atom stereocenters. The zero-order valence-corrected chi connectivity index (χ0v) is 32.5. The van der Waals surface area contributed by atoms with Crippen LogP contribution in [0.3, 0.4) is 0 Å². The number of hydrogen-bond acceptors (Lipinski definition) is 8. The largest absolute Gasteiger partial charge is 0.372 e. The summed E-state index contributed by atoms with van der Waals surface area (Å²) in [5.74, 6) is -0.0372. The predicted molar refractivity (Wildman–Crippen MR) is 214 cm³/mol. The second kappa shape index (κ2) is 20.3. The molecular weight excluding hydrogens is 705 g/mol. The molecule has 0 aliphatic carbocycles. The molecule has 8 heteroatoms. The molecule has 0 saturated carbocycles. The molecule has 0 spiro atoms. The van der Waals surface area contributed by atoms with Crippen LogP contribution in [0.25, 0.3) is 0 Å². The lowest BCUT2D eigenvalue weighted by Gasteiger charge is -2.49. The van der Waals surface area contributed by atoms with Crippen molar-refractivity contribution >= 4 is 0 Å². The Kier molecular flexibility index (Phi) is 14.5. The van der Waals surface area contributed by atoms with Gasteiger partial charge in [0.1, 0.15) is 24.4 Å². The van der Waals surface area contributed by atoms with Gasteiger partial charge in [-0.2, -0.15) is 0 Å². The van der Waals surface area contributed by atoms with Gasteiger partial charge in [-0.05, 0) is 41.7 Å². The Bertz CT molecular complexity index is 1830. The summed E-state index contributed by atoms with van der Waals surface area (Å²) in [6, 6.07) is 50.6. The molecule has 5 unspecified atom stereocenters. The van der Waals surface area contributed by atoms with Gasteiger partial charge in [-0.1, -0.05) is 159 Å². The molecule has 5 aromatic rings. The van der Waals surface area contributed by atoms with E-state index < -0.39 is 37.0 Å². The van der Waals surface area contributed by atoms with E-state index in [1.54, 1.807) is 0 Å². The first-order valence-electron chi connectivity index (χ1n) is 19.8. The van der Waals surface area contributed by atoms with Gasteiger partial charge >= 0.3 is 0 Å². The van der Waals surface area contributed by atoms with Crippen LogP contribution < -0.4 is 0 Å². The summed E-state index contributed by atoms with van der Waals surface area (Å²) in [5, 5.41) is 0. The third-order valence-electron chi connectivity index (χ3n) is 10.6. The fourth-order valence-electron chi connectivity index (χ4n) is 7.34. The van der Waals surface area contributed by atoms with Crippen molar-refractivity contribution in [3.05, 3.63) is 179 Å². The summed E-state index contributed by atoms with van der Waals surface area (Å²) in [6.45, 7) is 7.95. The van der Waals surface area contributed by atoms with Gasteiger partial charge in [0.2, 0.25) is 0 Å². The normalized spacial score (nSPS) is 27.8. The van der Waals surface area contributed by atoms with E-state index in [1.807, 2.05) is 134 Å². The Morgan fingerprint density at radius 2 is 0.679 bits per heavy atom. The predicted octanol–water partition coefficient (Wildman–Crippen LogP) is 9.06. The van der Waals surface area contributed by atoms with Crippen LogP contribution in [0.1, 0.15) is 48.6 Å². The molecule has 7 rings (SSSR count). The van der Waals surface area contributed by atoms with Gasteiger partial charge in [0.15, 0.2) is 12.6 Å². The molecule has 2 fully saturated rings. The summed E-state index contributed by atoms with van der Waals surface area (Å²) >= 11 is 0. The molecule has 2 heterocycles. The smallest absolute Gasteiger partial charge is 0.190 e. The first-order valence-corrected chi connectivity index (χ1v) is 19.8. The van der Waals surface area contributed by atoms with E-state index >= 15 is 0 Å². The Labute approximate surface area is 331 Å². The Morgan fingerprint density at radius 3 is 1.09 bits per heavy atom. The second-order valence-electron chi connectivity index (χ2n) is 14.7. The molecule has 0 bridgehead atoms. The van der Waals surface area contributed by atoms with Crippen LogP contribution in [0.5, 0.6) is 0 Å². The molecule has 56 heavy (non-hydrogen) atoms. The van der Waals surface area contributed by atoms with E-state index in [-0.39, 0.29) is 24.2 Å². The van der Waals surface area contributed by atoms with Gasteiger partial charge in [0, 0.05) is 5.92 Å². The molecule has 0 aromatic heterocycles. The van der Waals surface area contributed by atoms with Crippen LogP contribution >= 0.6 is 0 Å². The number of ether oxygens (including phenoxy) is 8. The van der Waals surface area contributed by atoms with Crippen molar-refractivity contribution in [3.63, 3.8) is 0 Å². The first kappa shape index (κ1) is 40.0. The molecule has 2 saturated heterocycles. The molecule has 0 amide bonds. The van der Waals surface area contributed by atoms with Crippen molar-refractivity contribution in [1.82, 2.24) is 0 Å². The molecular formula is C48H54O8. The van der Waals surface area contributed by atoms with Crippen LogP contribution in [-0.4, -0.2) is 55.3 Å². The first-order chi connectivity index (χ1) is 27.5. The molecule has 2 aliphatic heterocycles. The highest BCUT2D eigenvalue weighted by molar-refractivity contribution is 5.17. The van der Waals surface area contributed by atoms with E-state index in [0.717, 1.165) is 27.8 Å². The quantitative estimate of drug-likeness (QED) is 0.0931. The van der Waals surface area contributed by atoms with Crippen molar-refractivity contribution in [1.29, 1.82) is 0 Å². The van der Waals surface area contributed by atoms with Crippen molar-refractivity contribution in [2.75, 3.05) is 0 Å². The minimum atomic E-state index is -0.912. The molecule has 2 aliphatic rings. The van der Waals surface area contributed by atoms with E-state index in [4.69, 9.17) is 37.9 Å². The standard InChI is InChI=1S/C48H54O8/c1-34-35(2)54-36(3)43(49-29-37-19-9-4-10-20-37)42(34)55-48-46(52-32-40-25-15-7-16-26-40)44(50-30-38-21-11-5-12-22-38)45(51-31-39-23-13-6-14-24-39)47(56-48)53-33-41-27-17-8-18-28-41/h4-28,34-36,42-48H,29-33H2,1-3H3/t34?,35?,36?,42-,43-,44?,45-,46?,47-,48-/m0/s1. The Morgan fingerprint density at radius 1 is 0.339 bits per heavy atom. The highest BCUT2D eigenvalue weighted by Crippen LogP contribution is 2.37. The van der Waals surface area contributed by atoms with Crippen molar-refractivity contribution in [2.45, 2.75) is 109 Å². The third-order valence-corrected chi connectivity index (χ3v) is 10.6. The second-order valence-corrected chi connectivity index (χ2v) is 14.7. The van der Waals surface area contributed by atoms with Gasteiger partial charge in [0.25, 0.3) is 0 Å². The van der Waals surface area contributed by atoms with E-state index in [0.29, 0.717) is 33.0 Å². The molecule has 0 N–H and O–H groups in total. The van der Waals surface area contributed by atoms with E-state index in [9.17, 15) is 0 Å². The fraction of sp³-hybridized carbons (Fsp3) is 0.375. The van der Waals surface area contributed by atoms with Gasteiger partial charge in [-0.25, -0.2) is 0 Å². The molecule has 294 valence electrons. The van der Waals surface area contributed by atoms with Gasteiger partial charge in [-0.15, -0.1) is 0 Å². The minimum absolute atomic E-state index is 0.0372. The summed E-state index contributed by atoms with van der Waals surface area (Å²) in [4.78, 5) is 0. The SMILES string of the molecule is CC1OC(C)[C@H](OCc2ccccc2)[C@@H](O[C@H]2O[C@H](OCc3ccccc3)[C@@H](OCc3ccccc3)C(OCc3ccccc3)C2OCc2ccccc2)C1C. The Balaban J connectivity index is 1.24. The lowest BCUT2D eigenvalue weighted by Crippen LogP contribution is -2.64. The maximum atomic E-state index is 7.20. The topological polar surface area (TPSA) is 73.8 Å².